The van der Waals surface area contributed by atoms with Gasteiger partial charge in [-0.25, -0.2) is 18.8 Å². The van der Waals surface area contributed by atoms with E-state index in [1.54, 1.807) is 0 Å². The van der Waals surface area contributed by atoms with E-state index in [1.807, 2.05) is 4.98 Å². The first kappa shape index (κ1) is 21.1. The molecule has 26 heavy (non-hydrogen) atoms. The highest BCUT2D eigenvalue weighted by molar-refractivity contribution is 7.60. The number of nitrogens with zero attached hydrogens (tertiary/aromatic N) is 1. The second-order valence-corrected chi connectivity index (χ2v) is 7.64. The van der Waals surface area contributed by atoms with E-state index in [0.717, 1.165) is 10.6 Å². The Hall–Kier alpha value is -1.22. The number of aromatic nitrogens is 2. The number of nitrogens with one attached hydrogen (secondary N) is 1. The number of aliphatic hydroxyl groups is 1. The van der Waals surface area contributed by atoms with E-state index in [9.17, 15) is 23.8 Å². The van der Waals surface area contributed by atoms with Crippen LogP contribution in [-0.2, 0) is 32.8 Å². The summed E-state index contributed by atoms with van der Waals surface area (Å²) < 4.78 is 34.9. The normalized spacial score (nSPS) is 25.9. The van der Waals surface area contributed by atoms with Gasteiger partial charge in [-0.3, -0.25) is 14.3 Å². The molecule has 0 amide bonds. The molecular weight excluding hydrogens is 406 g/mol. The van der Waals surface area contributed by atoms with E-state index >= 15 is 0 Å². The van der Waals surface area contributed by atoms with E-state index in [2.05, 4.69) is 18.9 Å². The Bertz CT molecular complexity index is 829. The summed E-state index contributed by atoms with van der Waals surface area (Å²) in [7, 11) is -10.6. The minimum absolute atomic E-state index is 0.0410. The maximum atomic E-state index is 11.7. The summed E-state index contributed by atoms with van der Waals surface area (Å²) in [6.07, 6.45) is -1.98. The van der Waals surface area contributed by atoms with Gasteiger partial charge in [0.25, 0.3) is 5.56 Å². The number of rotatable bonds is 8. The Morgan fingerprint density at radius 3 is 2.62 bits per heavy atom. The second kappa shape index (κ2) is 8.21. The molecule has 1 aliphatic heterocycles. The van der Waals surface area contributed by atoms with Gasteiger partial charge in [-0.2, -0.15) is 4.31 Å². The van der Waals surface area contributed by atoms with Crippen molar-refractivity contribution in [2.75, 3.05) is 6.61 Å². The molecule has 0 saturated carbocycles. The van der Waals surface area contributed by atoms with E-state index in [-0.39, 0.29) is 6.42 Å². The minimum Gasteiger partial charge on any atom is -0.390 e. The van der Waals surface area contributed by atoms with Gasteiger partial charge in [0.1, 0.15) is 18.9 Å². The van der Waals surface area contributed by atoms with Crippen molar-refractivity contribution in [1.82, 2.24) is 9.55 Å². The zero-order valence-corrected chi connectivity index (χ0v) is 14.4. The third-order valence-electron chi connectivity index (χ3n) is 2.98. The Morgan fingerprint density at radius 1 is 1.31 bits per heavy atom. The lowest BCUT2D eigenvalue weighted by atomic mass is 10.2. The van der Waals surface area contributed by atoms with Crippen LogP contribution < -0.4 is 11.2 Å². The van der Waals surface area contributed by atoms with Gasteiger partial charge in [0.15, 0.2) is 0 Å². The van der Waals surface area contributed by atoms with Crippen LogP contribution in [0.1, 0.15) is 12.6 Å². The standard InChI is InChI=1S/C9H14N2O13P2/c12-5-3-8(11-2-1-7(13)10-9(11)14)21-6(5)4-20-22-23-26(18,19)24-25(15,16)17/h1-2,5-6,8,12H,3-4H2,(H,18,19)(H,10,13,14)(H2,15,16,17). The molecule has 2 rings (SSSR count). The summed E-state index contributed by atoms with van der Waals surface area (Å²) in [5.41, 5.74) is -1.37. The minimum atomic E-state index is -5.31. The van der Waals surface area contributed by atoms with Crippen LogP contribution in [-0.4, -0.2) is 48.2 Å². The number of aromatic amines is 1. The van der Waals surface area contributed by atoms with Crippen molar-refractivity contribution in [3.05, 3.63) is 33.1 Å². The number of aliphatic hydroxyl groups excluding tert-OH is 1. The first-order valence-electron chi connectivity index (χ1n) is 6.69. The highest BCUT2D eigenvalue weighted by Crippen LogP contribution is 2.57. The molecule has 0 aliphatic carbocycles. The topological polar surface area (TPSA) is 216 Å². The average Bonchev–Trinajstić information content (AvgIpc) is 2.82. The molecule has 2 heterocycles. The van der Waals surface area contributed by atoms with Crippen molar-refractivity contribution in [2.45, 2.75) is 24.9 Å². The number of hydrogen-bond donors (Lipinski definition) is 5. The van der Waals surface area contributed by atoms with Gasteiger partial charge < -0.3 is 24.5 Å². The van der Waals surface area contributed by atoms with Crippen LogP contribution in [0.4, 0.5) is 0 Å². The average molecular weight is 420 g/mol. The van der Waals surface area contributed by atoms with Crippen LogP contribution >= 0.6 is 15.6 Å². The van der Waals surface area contributed by atoms with Crippen molar-refractivity contribution in [3.8, 4) is 0 Å². The van der Waals surface area contributed by atoms with E-state index in [4.69, 9.17) is 19.4 Å². The Kier molecular flexibility index (Phi) is 6.65. The molecule has 0 bridgehead atoms. The van der Waals surface area contributed by atoms with E-state index in [1.165, 1.54) is 6.20 Å². The van der Waals surface area contributed by atoms with Gasteiger partial charge in [0.2, 0.25) is 0 Å². The summed E-state index contributed by atoms with van der Waals surface area (Å²) in [5.74, 6) is 0. The lowest BCUT2D eigenvalue weighted by Crippen LogP contribution is -2.31. The summed E-state index contributed by atoms with van der Waals surface area (Å²) in [5, 5.41) is 13.7. The maximum Gasteiger partial charge on any atom is 0.510 e. The van der Waals surface area contributed by atoms with Crippen LogP contribution in [0.5, 0.6) is 0 Å². The largest absolute Gasteiger partial charge is 0.510 e. The zero-order chi connectivity index (χ0) is 19.5. The molecule has 4 unspecified atom stereocenters. The van der Waals surface area contributed by atoms with E-state index in [0.29, 0.717) is 0 Å². The van der Waals surface area contributed by atoms with Gasteiger partial charge in [0, 0.05) is 18.7 Å². The smallest absolute Gasteiger partial charge is 0.390 e. The monoisotopic (exact) mass is 420 g/mol. The van der Waals surface area contributed by atoms with Crippen molar-refractivity contribution < 1.29 is 52.6 Å². The SMILES string of the molecule is O=c1ccn(C2CC(O)C(COOOP(=O)(O)OP(=O)(O)O)O2)c(=O)[nH]1. The quantitative estimate of drug-likeness (QED) is 0.137. The van der Waals surface area contributed by atoms with Gasteiger partial charge in [-0.1, -0.05) is 9.71 Å². The maximum absolute atomic E-state index is 11.7. The lowest BCUT2D eigenvalue weighted by molar-refractivity contribution is -0.476. The summed E-state index contributed by atoms with van der Waals surface area (Å²) in [6, 6.07) is 1.08. The number of hydrogen-bond acceptors (Lipinski definition) is 10. The predicted molar refractivity (Wildman–Crippen MR) is 76.9 cm³/mol. The highest BCUT2D eigenvalue weighted by atomic mass is 31.3. The second-order valence-electron chi connectivity index (χ2n) is 4.92. The molecule has 0 aromatic carbocycles. The summed E-state index contributed by atoms with van der Waals surface area (Å²) in [4.78, 5) is 54.7. The molecular formula is C9H14N2O13P2. The predicted octanol–water partition coefficient (Wildman–Crippen LogP) is -1.73. The molecule has 1 aromatic heterocycles. The van der Waals surface area contributed by atoms with Gasteiger partial charge in [-0.15, -0.1) is 0 Å². The van der Waals surface area contributed by atoms with Gasteiger partial charge >= 0.3 is 21.3 Å². The van der Waals surface area contributed by atoms with Crippen molar-refractivity contribution in [1.29, 1.82) is 0 Å². The Labute approximate surface area is 143 Å². The number of H-pyrrole nitrogens is 1. The number of ether oxygens (including phenoxy) is 1. The van der Waals surface area contributed by atoms with Crippen LogP contribution in [0.15, 0.2) is 21.9 Å². The molecule has 1 fully saturated rings. The summed E-state index contributed by atoms with van der Waals surface area (Å²) >= 11 is 0. The molecule has 0 spiro atoms. The first-order chi connectivity index (χ1) is 12.0. The molecule has 148 valence electrons. The molecule has 0 radical (unpaired) electrons. The fourth-order valence-corrected chi connectivity index (χ4v) is 3.30. The lowest BCUT2D eigenvalue weighted by Gasteiger charge is -2.15. The summed E-state index contributed by atoms with van der Waals surface area (Å²) in [6.45, 7) is -0.550. The Morgan fingerprint density at radius 2 is 2.00 bits per heavy atom. The van der Waals surface area contributed by atoms with Gasteiger partial charge in [0.05, 0.1) is 6.10 Å². The highest BCUT2D eigenvalue weighted by Gasteiger charge is 2.37. The van der Waals surface area contributed by atoms with Crippen LogP contribution in [0.25, 0.3) is 0 Å². The van der Waals surface area contributed by atoms with Crippen LogP contribution in [0, 0.1) is 0 Å². The zero-order valence-electron chi connectivity index (χ0n) is 12.6. The van der Waals surface area contributed by atoms with Gasteiger partial charge in [-0.05, 0) is 0 Å². The molecule has 15 nitrogen and oxygen atoms in total. The molecule has 5 N–H and O–H groups in total. The fraction of sp³-hybridized carbons (Fsp3) is 0.556. The first-order valence-corrected chi connectivity index (χ1v) is 9.72. The molecule has 1 saturated heterocycles. The van der Waals surface area contributed by atoms with E-state index < -0.39 is 51.9 Å². The van der Waals surface area contributed by atoms with Crippen molar-refractivity contribution in [2.24, 2.45) is 0 Å². The molecule has 1 aromatic rings. The fourth-order valence-electron chi connectivity index (χ4n) is 1.99. The Balaban J connectivity index is 1.84. The van der Waals surface area contributed by atoms with Crippen molar-refractivity contribution in [3.63, 3.8) is 0 Å². The third-order valence-corrected chi connectivity index (χ3v) is 4.91. The third kappa shape index (κ3) is 6.19. The van der Waals surface area contributed by atoms with Crippen molar-refractivity contribution >= 4 is 15.6 Å². The molecule has 17 heteroatoms. The van der Waals surface area contributed by atoms with Crippen LogP contribution in [0.2, 0.25) is 0 Å². The number of phosphoric acid groups is 2. The molecule has 4 atom stereocenters. The molecule has 1 aliphatic rings. The van der Waals surface area contributed by atoms with Crippen LogP contribution in [0.3, 0.4) is 0 Å².